The molecule has 0 aliphatic carbocycles. The van der Waals surface area contributed by atoms with E-state index in [-0.39, 0.29) is 17.1 Å². The Hall–Kier alpha value is -1.67. The molecule has 116 valence electrons. The number of imide groups is 1. The second-order valence-electron chi connectivity index (χ2n) is 4.24. The monoisotopic (exact) mass is 387 g/mol. The minimum atomic E-state index is -0.667. The number of esters is 1. The van der Waals surface area contributed by atoms with Gasteiger partial charge < -0.3 is 4.74 Å². The molecular formula is C14H11BrFNO4S. The highest BCUT2D eigenvalue weighted by Gasteiger charge is 2.36. The number of carbonyl (C=O) groups is 3. The third-order valence-corrected chi connectivity index (χ3v) is 4.11. The molecule has 0 spiro atoms. The van der Waals surface area contributed by atoms with Crippen molar-refractivity contribution in [3.05, 3.63) is 39.0 Å². The fourth-order valence-corrected chi connectivity index (χ4v) is 2.95. The van der Waals surface area contributed by atoms with Crippen molar-refractivity contribution in [3.63, 3.8) is 0 Å². The first-order valence-electron chi connectivity index (χ1n) is 6.28. The van der Waals surface area contributed by atoms with E-state index in [0.29, 0.717) is 16.2 Å². The molecule has 22 heavy (non-hydrogen) atoms. The normalized spacial score (nSPS) is 16.5. The Labute approximate surface area is 138 Å². The summed E-state index contributed by atoms with van der Waals surface area (Å²) < 4.78 is 19.0. The molecule has 0 N–H and O–H groups in total. The van der Waals surface area contributed by atoms with Crippen LogP contribution in [-0.4, -0.2) is 35.2 Å². The van der Waals surface area contributed by atoms with Gasteiger partial charge in [0.15, 0.2) is 0 Å². The van der Waals surface area contributed by atoms with Gasteiger partial charge in [0.25, 0.3) is 11.1 Å². The Morgan fingerprint density at radius 1 is 1.45 bits per heavy atom. The molecule has 0 saturated carbocycles. The van der Waals surface area contributed by atoms with Crippen LogP contribution < -0.4 is 0 Å². The minimum absolute atomic E-state index is 0.0614. The zero-order valence-corrected chi connectivity index (χ0v) is 13.9. The zero-order valence-electron chi connectivity index (χ0n) is 11.5. The fraction of sp³-hybridized carbons (Fsp3) is 0.214. The first-order chi connectivity index (χ1) is 10.4. The van der Waals surface area contributed by atoms with Crippen LogP contribution in [0.15, 0.2) is 27.6 Å². The quantitative estimate of drug-likeness (QED) is 0.586. The molecule has 5 nitrogen and oxygen atoms in total. The lowest BCUT2D eigenvalue weighted by Crippen LogP contribution is -2.34. The third-order valence-electron chi connectivity index (χ3n) is 2.71. The number of carbonyl (C=O) groups excluding carboxylic acids is 3. The summed E-state index contributed by atoms with van der Waals surface area (Å²) >= 11 is 3.87. The number of thioether (sulfide) groups is 1. The van der Waals surface area contributed by atoms with Crippen molar-refractivity contribution < 1.29 is 23.5 Å². The number of benzene rings is 1. The Morgan fingerprint density at radius 3 is 2.86 bits per heavy atom. The summed E-state index contributed by atoms with van der Waals surface area (Å²) in [6.07, 6.45) is 1.29. The predicted molar refractivity (Wildman–Crippen MR) is 83.4 cm³/mol. The number of halogens is 2. The number of ether oxygens (including phenoxy) is 1. The van der Waals surface area contributed by atoms with Crippen LogP contribution in [0.3, 0.4) is 0 Å². The van der Waals surface area contributed by atoms with Crippen molar-refractivity contribution >= 4 is 50.9 Å². The van der Waals surface area contributed by atoms with Crippen molar-refractivity contribution in [1.29, 1.82) is 0 Å². The molecule has 0 atom stereocenters. The molecule has 1 fully saturated rings. The second kappa shape index (κ2) is 7.06. The summed E-state index contributed by atoms with van der Waals surface area (Å²) in [5.74, 6) is -1.82. The highest BCUT2D eigenvalue weighted by atomic mass is 79.9. The summed E-state index contributed by atoms with van der Waals surface area (Å²) in [5, 5.41) is -0.584. The van der Waals surface area contributed by atoms with E-state index in [1.165, 1.54) is 24.3 Å². The lowest BCUT2D eigenvalue weighted by molar-refractivity contribution is -0.145. The highest BCUT2D eigenvalue weighted by Crippen LogP contribution is 2.32. The van der Waals surface area contributed by atoms with Gasteiger partial charge in [-0.1, -0.05) is 15.9 Å². The molecule has 8 heteroatoms. The first kappa shape index (κ1) is 16.7. The van der Waals surface area contributed by atoms with E-state index in [1.54, 1.807) is 6.92 Å². The van der Waals surface area contributed by atoms with Crippen LogP contribution >= 0.6 is 27.7 Å². The minimum Gasteiger partial charge on any atom is -0.465 e. The van der Waals surface area contributed by atoms with E-state index in [4.69, 9.17) is 4.74 Å². The summed E-state index contributed by atoms with van der Waals surface area (Å²) in [7, 11) is 0. The van der Waals surface area contributed by atoms with Crippen LogP contribution in [0.1, 0.15) is 12.5 Å². The van der Waals surface area contributed by atoms with Crippen LogP contribution in [0.2, 0.25) is 0 Å². The number of hydrogen-bond donors (Lipinski definition) is 0. The standard InChI is InChI=1S/C14H11BrFNO4S/c1-2-21-12(18)7-17-13(19)11(22-14(17)20)6-8-5-9(15)3-4-10(8)16/h3-6H,2,7H2,1H3/b11-6-. The lowest BCUT2D eigenvalue weighted by Gasteiger charge is -2.10. The average Bonchev–Trinajstić information content (AvgIpc) is 2.71. The number of rotatable bonds is 4. The average molecular weight is 388 g/mol. The van der Waals surface area contributed by atoms with Crippen LogP contribution in [0.25, 0.3) is 6.08 Å². The molecule has 1 saturated heterocycles. The largest absolute Gasteiger partial charge is 0.465 e. The molecule has 0 aromatic heterocycles. The van der Waals surface area contributed by atoms with E-state index in [9.17, 15) is 18.8 Å². The maximum absolute atomic E-state index is 13.7. The number of hydrogen-bond acceptors (Lipinski definition) is 5. The van der Waals surface area contributed by atoms with Gasteiger partial charge >= 0.3 is 5.97 Å². The van der Waals surface area contributed by atoms with Gasteiger partial charge in [0.2, 0.25) is 0 Å². The van der Waals surface area contributed by atoms with Gasteiger partial charge in [-0.3, -0.25) is 19.3 Å². The van der Waals surface area contributed by atoms with Gasteiger partial charge in [-0.15, -0.1) is 0 Å². The molecule has 0 radical (unpaired) electrons. The smallest absolute Gasteiger partial charge is 0.326 e. The summed E-state index contributed by atoms with van der Waals surface area (Å²) in [4.78, 5) is 36.2. The molecule has 2 amide bonds. The van der Waals surface area contributed by atoms with Crippen molar-refractivity contribution in [2.24, 2.45) is 0 Å². The van der Waals surface area contributed by atoms with Crippen molar-refractivity contribution in [3.8, 4) is 0 Å². The maximum atomic E-state index is 13.7. The molecule has 0 unspecified atom stereocenters. The third kappa shape index (κ3) is 3.75. The SMILES string of the molecule is CCOC(=O)CN1C(=O)S/C(=C\c2cc(Br)ccc2F)C1=O. The van der Waals surface area contributed by atoms with Crippen molar-refractivity contribution in [2.45, 2.75) is 6.92 Å². The maximum Gasteiger partial charge on any atom is 0.326 e. The number of nitrogens with zero attached hydrogens (tertiary/aromatic N) is 1. The van der Waals surface area contributed by atoms with E-state index in [2.05, 4.69) is 15.9 Å². The molecule has 1 aromatic carbocycles. The van der Waals surface area contributed by atoms with Crippen LogP contribution in [0.5, 0.6) is 0 Å². The van der Waals surface area contributed by atoms with Gasteiger partial charge in [-0.25, -0.2) is 4.39 Å². The Balaban J connectivity index is 2.22. The summed E-state index contributed by atoms with van der Waals surface area (Å²) in [6, 6.07) is 4.27. The van der Waals surface area contributed by atoms with Gasteiger partial charge in [0, 0.05) is 10.0 Å². The van der Waals surface area contributed by atoms with Gasteiger partial charge in [0.1, 0.15) is 12.4 Å². The first-order valence-corrected chi connectivity index (χ1v) is 7.89. The Morgan fingerprint density at radius 2 is 2.18 bits per heavy atom. The zero-order chi connectivity index (χ0) is 16.3. The molecule has 0 bridgehead atoms. The van der Waals surface area contributed by atoms with Crippen molar-refractivity contribution in [1.82, 2.24) is 4.90 Å². The topological polar surface area (TPSA) is 63.7 Å². The predicted octanol–water partition coefficient (Wildman–Crippen LogP) is 3.19. The van der Waals surface area contributed by atoms with Crippen LogP contribution in [0.4, 0.5) is 9.18 Å². The van der Waals surface area contributed by atoms with Gasteiger partial charge in [0.05, 0.1) is 11.5 Å². The fourth-order valence-electron chi connectivity index (χ4n) is 1.74. The van der Waals surface area contributed by atoms with E-state index in [1.807, 2.05) is 0 Å². The summed E-state index contributed by atoms with van der Waals surface area (Å²) in [6.45, 7) is 1.34. The Kier molecular flexibility index (Phi) is 5.36. The number of amides is 2. The molecular weight excluding hydrogens is 377 g/mol. The highest BCUT2D eigenvalue weighted by molar-refractivity contribution is 9.10. The van der Waals surface area contributed by atoms with E-state index in [0.717, 1.165) is 4.90 Å². The Bertz CT molecular complexity index is 677. The van der Waals surface area contributed by atoms with E-state index < -0.39 is 29.5 Å². The lowest BCUT2D eigenvalue weighted by atomic mass is 10.2. The molecule has 2 rings (SSSR count). The summed E-state index contributed by atoms with van der Waals surface area (Å²) in [5.41, 5.74) is 0.177. The second-order valence-corrected chi connectivity index (χ2v) is 6.15. The molecule has 1 aliphatic heterocycles. The molecule has 1 aliphatic rings. The molecule has 1 aromatic rings. The van der Waals surface area contributed by atoms with Gasteiger partial charge in [-0.2, -0.15) is 0 Å². The van der Waals surface area contributed by atoms with Crippen LogP contribution in [0, 0.1) is 5.82 Å². The molecule has 1 heterocycles. The van der Waals surface area contributed by atoms with Crippen molar-refractivity contribution in [2.75, 3.05) is 13.2 Å². The van der Waals surface area contributed by atoms with Crippen LogP contribution in [-0.2, 0) is 14.3 Å². The van der Waals surface area contributed by atoms with E-state index >= 15 is 0 Å². The van der Waals surface area contributed by atoms with Gasteiger partial charge in [-0.05, 0) is 43.0 Å².